The number of rotatable bonds is 7. The van der Waals surface area contributed by atoms with Crippen molar-refractivity contribution in [3.05, 3.63) is 23.8 Å². The van der Waals surface area contributed by atoms with E-state index in [1.807, 2.05) is 18.2 Å². The third kappa shape index (κ3) is 7.03. The highest BCUT2D eigenvalue weighted by atomic mass is 127. The number of methoxy groups -OCH3 is 2. The number of nitrogens with zero attached hydrogens (tertiary/aromatic N) is 2. The number of ether oxygens (including phenoxy) is 2. The third-order valence-electron chi connectivity index (χ3n) is 4.86. The molecule has 0 aliphatic carbocycles. The van der Waals surface area contributed by atoms with E-state index in [9.17, 15) is 4.79 Å². The Morgan fingerprint density at radius 3 is 2.46 bits per heavy atom. The van der Waals surface area contributed by atoms with Gasteiger partial charge in [-0.05, 0) is 43.4 Å². The molecule has 1 fully saturated rings. The van der Waals surface area contributed by atoms with Crippen LogP contribution in [0.1, 0.15) is 31.7 Å². The number of carbonyl (C=O) groups excluding carboxylic acids is 1. The zero-order valence-corrected chi connectivity index (χ0v) is 19.6. The summed E-state index contributed by atoms with van der Waals surface area (Å²) in [5, 5.41) is 6.10. The molecule has 1 aromatic rings. The molecule has 0 atom stereocenters. The zero-order chi connectivity index (χ0) is 19.6. The van der Waals surface area contributed by atoms with Gasteiger partial charge in [-0.3, -0.25) is 4.79 Å². The fourth-order valence-electron chi connectivity index (χ4n) is 3.28. The summed E-state index contributed by atoms with van der Waals surface area (Å²) in [5.74, 6) is 2.93. The van der Waals surface area contributed by atoms with Crippen LogP contribution in [-0.2, 0) is 11.3 Å². The van der Waals surface area contributed by atoms with E-state index in [-0.39, 0.29) is 29.9 Å². The molecule has 0 unspecified atom stereocenters. The summed E-state index contributed by atoms with van der Waals surface area (Å²) in [6.45, 7) is 5.30. The number of likely N-dealkylation sites (tertiary alicyclic amines) is 1. The van der Waals surface area contributed by atoms with Crippen LogP contribution in [0.3, 0.4) is 0 Å². The minimum Gasteiger partial charge on any atom is -0.493 e. The minimum absolute atomic E-state index is 0. The van der Waals surface area contributed by atoms with Gasteiger partial charge in [0.05, 0.1) is 20.8 Å². The van der Waals surface area contributed by atoms with Gasteiger partial charge in [-0.1, -0.05) is 6.07 Å². The van der Waals surface area contributed by atoms with Crippen LogP contribution in [-0.4, -0.2) is 57.7 Å². The van der Waals surface area contributed by atoms with Crippen molar-refractivity contribution in [3.63, 3.8) is 0 Å². The van der Waals surface area contributed by atoms with Crippen LogP contribution in [0.4, 0.5) is 0 Å². The Morgan fingerprint density at radius 2 is 1.89 bits per heavy atom. The standard InChI is InChI=1S/C20H32N4O3.HI/c1-5-22-20(24-10-8-15(9-11-24)13-19(25)21-2)23-14-16-6-7-17(26-3)18(12-16)27-4;/h6-7,12,15H,5,8-11,13-14H2,1-4H3,(H,21,25)(H,22,23);1H. The normalized spacial score (nSPS) is 14.9. The van der Waals surface area contributed by atoms with Crippen LogP contribution >= 0.6 is 24.0 Å². The second-order valence-corrected chi connectivity index (χ2v) is 6.67. The fourth-order valence-corrected chi connectivity index (χ4v) is 3.28. The molecule has 1 aromatic carbocycles. The Balaban J connectivity index is 0.00000392. The maximum atomic E-state index is 11.6. The second-order valence-electron chi connectivity index (χ2n) is 6.67. The molecule has 1 aliphatic rings. The van der Waals surface area contributed by atoms with E-state index in [1.165, 1.54) is 0 Å². The SMILES string of the molecule is CCNC(=NCc1ccc(OC)c(OC)c1)N1CCC(CC(=O)NC)CC1.I. The van der Waals surface area contributed by atoms with Crippen molar-refractivity contribution in [2.24, 2.45) is 10.9 Å². The van der Waals surface area contributed by atoms with Crippen molar-refractivity contribution in [1.82, 2.24) is 15.5 Å². The predicted molar refractivity (Wildman–Crippen MR) is 123 cm³/mol. The molecule has 2 N–H and O–H groups in total. The van der Waals surface area contributed by atoms with Gasteiger partial charge in [-0.2, -0.15) is 0 Å². The number of hydrogen-bond acceptors (Lipinski definition) is 4. The second kappa shape index (κ2) is 12.7. The van der Waals surface area contributed by atoms with E-state index in [1.54, 1.807) is 21.3 Å². The van der Waals surface area contributed by atoms with Crippen LogP contribution in [0.15, 0.2) is 23.2 Å². The number of amides is 1. The van der Waals surface area contributed by atoms with Gasteiger partial charge in [0, 0.05) is 33.1 Å². The van der Waals surface area contributed by atoms with Crippen molar-refractivity contribution < 1.29 is 14.3 Å². The lowest BCUT2D eigenvalue weighted by Gasteiger charge is -2.34. The molecule has 158 valence electrons. The first-order chi connectivity index (χ1) is 13.1. The van der Waals surface area contributed by atoms with E-state index >= 15 is 0 Å². The predicted octanol–water partition coefficient (Wildman–Crippen LogP) is 2.64. The highest BCUT2D eigenvalue weighted by molar-refractivity contribution is 14.0. The lowest BCUT2D eigenvalue weighted by Crippen LogP contribution is -2.46. The first-order valence-electron chi connectivity index (χ1n) is 9.56. The number of benzene rings is 1. The molecule has 28 heavy (non-hydrogen) atoms. The third-order valence-corrected chi connectivity index (χ3v) is 4.86. The number of aliphatic imine (C=N–C) groups is 1. The van der Waals surface area contributed by atoms with Crippen molar-refractivity contribution >= 4 is 35.8 Å². The molecule has 8 heteroatoms. The van der Waals surface area contributed by atoms with Gasteiger partial charge in [0.15, 0.2) is 17.5 Å². The summed E-state index contributed by atoms with van der Waals surface area (Å²) in [6.07, 6.45) is 2.63. The molecule has 2 rings (SSSR count). The Morgan fingerprint density at radius 1 is 1.21 bits per heavy atom. The molecular weight excluding hydrogens is 471 g/mol. The molecule has 7 nitrogen and oxygen atoms in total. The quantitative estimate of drug-likeness (QED) is 0.340. The lowest BCUT2D eigenvalue weighted by molar-refractivity contribution is -0.121. The highest BCUT2D eigenvalue weighted by Crippen LogP contribution is 2.28. The monoisotopic (exact) mass is 504 g/mol. The summed E-state index contributed by atoms with van der Waals surface area (Å²) < 4.78 is 10.7. The van der Waals surface area contributed by atoms with E-state index in [0.29, 0.717) is 24.6 Å². The number of piperidine rings is 1. The van der Waals surface area contributed by atoms with Gasteiger partial charge in [0.1, 0.15) is 0 Å². The molecule has 1 heterocycles. The molecule has 1 amide bonds. The Labute approximate surface area is 185 Å². The largest absolute Gasteiger partial charge is 0.493 e. The topological polar surface area (TPSA) is 75.2 Å². The lowest BCUT2D eigenvalue weighted by atomic mass is 9.93. The Kier molecular flexibility index (Phi) is 11.0. The molecule has 0 bridgehead atoms. The average molecular weight is 504 g/mol. The highest BCUT2D eigenvalue weighted by Gasteiger charge is 2.23. The van der Waals surface area contributed by atoms with Crippen molar-refractivity contribution in [3.8, 4) is 11.5 Å². The van der Waals surface area contributed by atoms with Crippen LogP contribution in [0.25, 0.3) is 0 Å². The summed E-state index contributed by atoms with van der Waals surface area (Å²) in [6, 6.07) is 5.87. The smallest absolute Gasteiger partial charge is 0.220 e. The maximum absolute atomic E-state index is 11.6. The van der Waals surface area contributed by atoms with E-state index in [4.69, 9.17) is 14.5 Å². The van der Waals surface area contributed by atoms with Gasteiger partial charge in [-0.15, -0.1) is 24.0 Å². The summed E-state index contributed by atoms with van der Waals surface area (Å²) in [4.78, 5) is 18.7. The van der Waals surface area contributed by atoms with Gasteiger partial charge >= 0.3 is 0 Å². The number of hydrogen-bond donors (Lipinski definition) is 2. The van der Waals surface area contributed by atoms with Crippen molar-refractivity contribution in [1.29, 1.82) is 0 Å². The average Bonchev–Trinajstić information content (AvgIpc) is 2.71. The van der Waals surface area contributed by atoms with Crippen molar-refractivity contribution in [2.75, 3.05) is 40.9 Å². The van der Waals surface area contributed by atoms with Crippen LogP contribution in [0.5, 0.6) is 11.5 Å². The van der Waals surface area contributed by atoms with Gasteiger partial charge < -0.3 is 25.0 Å². The number of carbonyl (C=O) groups is 1. The van der Waals surface area contributed by atoms with Crippen LogP contribution in [0, 0.1) is 5.92 Å². The van der Waals surface area contributed by atoms with Crippen molar-refractivity contribution in [2.45, 2.75) is 32.7 Å². The van der Waals surface area contributed by atoms with Crippen LogP contribution in [0.2, 0.25) is 0 Å². The summed E-state index contributed by atoms with van der Waals surface area (Å²) >= 11 is 0. The number of nitrogens with one attached hydrogen (secondary N) is 2. The van der Waals surface area contributed by atoms with Crippen LogP contribution < -0.4 is 20.1 Å². The molecule has 1 saturated heterocycles. The molecule has 0 radical (unpaired) electrons. The summed E-state index contributed by atoms with van der Waals surface area (Å²) in [5.41, 5.74) is 1.07. The molecular formula is C20H33IN4O3. The van der Waals surface area contributed by atoms with Gasteiger partial charge in [0.25, 0.3) is 0 Å². The molecule has 0 aromatic heterocycles. The van der Waals surface area contributed by atoms with E-state index in [0.717, 1.165) is 49.7 Å². The molecule has 0 saturated carbocycles. The number of guanidine groups is 1. The van der Waals surface area contributed by atoms with E-state index in [2.05, 4.69) is 22.5 Å². The first kappa shape index (κ1) is 24.3. The first-order valence-corrected chi connectivity index (χ1v) is 9.56. The fraction of sp³-hybridized carbons (Fsp3) is 0.600. The molecule has 0 spiro atoms. The Bertz CT molecular complexity index is 646. The zero-order valence-electron chi connectivity index (χ0n) is 17.3. The van der Waals surface area contributed by atoms with E-state index < -0.39 is 0 Å². The summed E-state index contributed by atoms with van der Waals surface area (Å²) in [7, 11) is 4.96. The minimum atomic E-state index is 0. The van der Waals surface area contributed by atoms with Gasteiger partial charge in [-0.25, -0.2) is 4.99 Å². The molecule has 1 aliphatic heterocycles. The number of halogens is 1. The maximum Gasteiger partial charge on any atom is 0.220 e. The van der Waals surface area contributed by atoms with Gasteiger partial charge in [0.2, 0.25) is 5.91 Å². The Hall–Kier alpha value is -1.71.